The van der Waals surface area contributed by atoms with Crippen LogP contribution in [0.1, 0.15) is 47.9 Å². The largest absolute Gasteiger partial charge is 0.481 e. The molecule has 3 atom stereocenters. The van der Waals surface area contributed by atoms with Gasteiger partial charge in [0.15, 0.2) is 11.4 Å². The van der Waals surface area contributed by atoms with Crippen LogP contribution < -0.4 is 10.2 Å². The van der Waals surface area contributed by atoms with Gasteiger partial charge in [0.2, 0.25) is 5.89 Å². The lowest BCUT2D eigenvalue weighted by molar-refractivity contribution is -0.141. The van der Waals surface area contributed by atoms with Gasteiger partial charge < -0.3 is 24.8 Å². The molecule has 0 radical (unpaired) electrons. The molecular formula is C42H41N7O4. The van der Waals surface area contributed by atoms with Gasteiger partial charge in [-0.3, -0.25) is 14.7 Å². The van der Waals surface area contributed by atoms with Crippen LogP contribution in [-0.4, -0.2) is 68.3 Å². The summed E-state index contributed by atoms with van der Waals surface area (Å²) in [7, 11) is 1.89. The van der Waals surface area contributed by atoms with Crippen molar-refractivity contribution in [3.8, 4) is 28.7 Å². The van der Waals surface area contributed by atoms with Gasteiger partial charge in [-0.2, -0.15) is 5.26 Å². The molecule has 53 heavy (non-hydrogen) atoms. The third kappa shape index (κ3) is 6.45. The lowest BCUT2D eigenvalue weighted by Crippen LogP contribution is -2.38. The van der Waals surface area contributed by atoms with E-state index in [-0.39, 0.29) is 12.1 Å². The molecule has 3 aromatic heterocycles. The van der Waals surface area contributed by atoms with Crippen LogP contribution >= 0.6 is 0 Å². The van der Waals surface area contributed by atoms with E-state index in [2.05, 4.69) is 46.4 Å². The number of carboxylic acid groups (broad SMARTS) is 1. The molecule has 0 bridgehead atoms. The molecule has 2 aliphatic rings. The average molecular weight is 708 g/mol. The number of aromatic nitrogens is 3. The number of pyridine rings is 2. The predicted molar refractivity (Wildman–Crippen MR) is 205 cm³/mol. The quantitative estimate of drug-likeness (QED) is 0.136. The molecule has 3 N–H and O–H groups in total. The van der Waals surface area contributed by atoms with Crippen LogP contribution in [0.3, 0.4) is 0 Å². The number of benzene rings is 3. The van der Waals surface area contributed by atoms with Gasteiger partial charge in [0.25, 0.3) is 0 Å². The maximum absolute atomic E-state index is 11.9. The number of aliphatic carboxylic acids is 1. The second kappa shape index (κ2) is 14.0. The second-order valence-corrected chi connectivity index (χ2v) is 14.4. The normalized spacial score (nSPS) is 18.8. The van der Waals surface area contributed by atoms with Crippen LogP contribution in [0.4, 0.5) is 17.2 Å². The Bertz CT molecular complexity index is 2420. The van der Waals surface area contributed by atoms with Crippen molar-refractivity contribution in [1.82, 2.24) is 19.9 Å². The number of nitriles is 1. The summed E-state index contributed by atoms with van der Waals surface area (Å²) >= 11 is 0. The Hall–Kier alpha value is -5.83. The topological polar surface area (TPSA) is 152 Å². The summed E-state index contributed by atoms with van der Waals surface area (Å²) in [6.07, 6.45) is 6.52. The molecular weight excluding hydrogens is 667 g/mol. The predicted octanol–water partition coefficient (Wildman–Crippen LogP) is 7.59. The highest BCUT2D eigenvalue weighted by molar-refractivity contribution is 5.92. The zero-order valence-electron chi connectivity index (χ0n) is 30.0. The molecule has 2 fully saturated rings. The summed E-state index contributed by atoms with van der Waals surface area (Å²) < 4.78 is 6.30. The fourth-order valence-corrected chi connectivity index (χ4v) is 8.15. The summed E-state index contributed by atoms with van der Waals surface area (Å²) in [5.74, 6) is -0.152. The Balaban J connectivity index is 1.09. The van der Waals surface area contributed by atoms with E-state index in [4.69, 9.17) is 14.4 Å². The summed E-state index contributed by atoms with van der Waals surface area (Å²) in [6.45, 7) is 6.45. The highest BCUT2D eigenvalue weighted by Gasteiger charge is 2.36. The van der Waals surface area contributed by atoms with Crippen molar-refractivity contribution in [2.24, 2.45) is 5.92 Å². The van der Waals surface area contributed by atoms with Crippen LogP contribution in [0.5, 0.6) is 0 Å². The van der Waals surface area contributed by atoms with E-state index in [0.717, 1.165) is 88.0 Å². The van der Waals surface area contributed by atoms with Crippen LogP contribution in [0, 0.1) is 31.1 Å². The van der Waals surface area contributed by atoms with Gasteiger partial charge in [-0.1, -0.05) is 30.7 Å². The number of likely N-dealkylation sites (tertiary alicyclic amines) is 1. The summed E-state index contributed by atoms with van der Waals surface area (Å²) in [4.78, 5) is 30.5. The smallest absolute Gasteiger partial charge is 0.308 e. The Labute approximate surface area is 307 Å². The van der Waals surface area contributed by atoms with Crippen molar-refractivity contribution in [2.75, 3.05) is 30.4 Å². The Morgan fingerprint density at radius 2 is 1.83 bits per heavy atom. The van der Waals surface area contributed by atoms with Crippen molar-refractivity contribution in [1.29, 1.82) is 5.26 Å². The van der Waals surface area contributed by atoms with Crippen molar-refractivity contribution >= 4 is 45.2 Å². The number of aliphatic hydroxyl groups excluding tert-OH is 1. The molecule has 11 heteroatoms. The molecule has 1 aliphatic heterocycles. The maximum Gasteiger partial charge on any atom is 0.308 e. The fourth-order valence-electron chi connectivity index (χ4n) is 8.15. The van der Waals surface area contributed by atoms with Gasteiger partial charge in [-0.15, -0.1) is 0 Å². The number of anilines is 3. The zero-order valence-corrected chi connectivity index (χ0v) is 30.0. The summed E-state index contributed by atoms with van der Waals surface area (Å²) in [5, 5.41) is 34.3. The van der Waals surface area contributed by atoms with Crippen molar-refractivity contribution in [2.45, 2.75) is 58.2 Å². The molecule has 1 saturated carbocycles. The van der Waals surface area contributed by atoms with E-state index in [0.29, 0.717) is 41.3 Å². The molecule has 3 aromatic carbocycles. The number of nitrogens with zero attached hydrogens (tertiary/aromatic N) is 6. The average Bonchev–Trinajstić information content (AvgIpc) is 3.92. The van der Waals surface area contributed by atoms with Gasteiger partial charge in [-0.25, -0.2) is 9.97 Å². The molecule has 4 heterocycles. The monoisotopic (exact) mass is 707 g/mol. The minimum Gasteiger partial charge on any atom is -0.481 e. The molecule has 0 spiro atoms. The van der Waals surface area contributed by atoms with E-state index in [1.54, 1.807) is 12.3 Å². The third-order valence-corrected chi connectivity index (χ3v) is 11.0. The molecule has 8 rings (SSSR count). The number of rotatable bonds is 9. The molecule has 268 valence electrons. The van der Waals surface area contributed by atoms with Gasteiger partial charge in [0.05, 0.1) is 17.6 Å². The first-order valence-electron chi connectivity index (χ1n) is 18.1. The van der Waals surface area contributed by atoms with Crippen molar-refractivity contribution in [3.63, 3.8) is 0 Å². The molecule has 1 unspecified atom stereocenters. The van der Waals surface area contributed by atoms with E-state index in [1.165, 1.54) is 0 Å². The molecule has 6 aromatic rings. The SMILES string of the molecule is Cc1c(Nc2nccc3cc(CN4CCC(O)C4)cnc23)cccc1-c1cccc(-c2nc3cc(N(C)[C@H]4CCC[C@@H]4C(=O)O)cc(C#N)c3o2)c1C. The Morgan fingerprint density at radius 3 is 2.60 bits per heavy atom. The molecule has 0 amide bonds. The Kier molecular flexibility index (Phi) is 9.02. The lowest BCUT2D eigenvalue weighted by atomic mass is 9.93. The number of fused-ring (bicyclic) bond motifs is 2. The third-order valence-electron chi connectivity index (χ3n) is 11.0. The maximum atomic E-state index is 11.9. The van der Waals surface area contributed by atoms with E-state index >= 15 is 0 Å². The van der Waals surface area contributed by atoms with Crippen LogP contribution in [0.2, 0.25) is 0 Å². The number of carbonyl (C=O) groups is 1. The highest BCUT2D eigenvalue weighted by atomic mass is 16.4. The molecule has 1 saturated heterocycles. The van der Waals surface area contributed by atoms with Crippen LogP contribution in [0.15, 0.2) is 77.5 Å². The number of oxazole rings is 1. The lowest BCUT2D eigenvalue weighted by Gasteiger charge is -2.29. The minimum atomic E-state index is -0.788. The van der Waals surface area contributed by atoms with Crippen molar-refractivity contribution < 1.29 is 19.4 Å². The number of β-amino-alcohol motifs (C(OH)–C–C–N with tert-alkyl or cyclic N) is 1. The van der Waals surface area contributed by atoms with Gasteiger partial charge in [-0.05, 0) is 97.3 Å². The summed E-state index contributed by atoms with van der Waals surface area (Å²) in [5.41, 5.74) is 9.76. The number of hydrogen-bond acceptors (Lipinski definition) is 10. The molecule has 11 nitrogen and oxygen atoms in total. The molecule has 1 aliphatic carbocycles. The van der Waals surface area contributed by atoms with E-state index in [9.17, 15) is 20.3 Å². The van der Waals surface area contributed by atoms with E-state index in [1.807, 2.05) is 61.5 Å². The first-order valence-corrected chi connectivity index (χ1v) is 18.1. The van der Waals surface area contributed by atoms with Gasteiger partial charge in [0, 0.05) is 67.4 Å². The summed E-state index contributed by atoms with van der Waals surface area (Å²) in [6, 6.07) is 22.1. The van der Waals surface area contributed by atoms with Crippen molar-refractivity contribution in [3.05, 3.63) is 95.3 Å². The minimum absolute atomic E-state index is 0.156. The first kappa shape index (κ1) is 34.3. The standard InChI is InChI=1S/C42H41N7O4/c1-24-31(7-4-9-33(24)41-47-36-19-29(18-28(20-43)39(36)53-41)48(3)37-12-6-10-34(37)42(51)52)32-8-5-11-35(25(32)2)46-40-38-27(13-15-44-40)17-26(21-45-38)22-49-16-14-30(50)23-49/h4-5,7-9,11,13,15,17-19,21,30,34,37,50H,6,10,12,14,16,22-23H2,1-3H3,(H,44,46)(H,51,52)/t30?,34-,37-/m0/s1. The van der Waals surface area contributed by atoms with Crippen LogP contribution in [0.25, 0.3) is 44.6 Å². The highest BCUT2D eigenvalue weighted by Crippen LogP contribution is 2.39. The van der Waals surface area contributed by atoms with E-state index < -0.39 is 11.9 Å². The first-order chi connectivity index (χ1) is 25.7. The Morgan fingerprint density at radius 1 is 1.04 bits per heavy atom. The van der Waals surface area contributed by atoms with Crippen LogP contribution in [-0.2, 0) is 11.3 Å². The fraction of sp³-hybridized carbons (Fsp3) is 0.310. The van der Waals surface area contributed by atoms with Gasteiger partial charge >= 0.3 is 5.97 Å². The zero-order chi connectivity index (χ0) is 36.8. The number of hydrogen-bond donors (Lipinski definition) is 3. The van der Waals surface area contributed by atoms with Gasteiger partial charge in [0.1, 0.15) is 17.1 Å². The number of aliphatic hydroxyl groups is 1. The number of nitrogens with one attached hydrogen (secondary N) is 1. The second-order valence-electron chi connectivity index (χ2n) is 14.4. The number of carboxylic acids is 1.